The van der Waals surface area contributed by atoms with Crippen LogP contribution >= 0.6 is 22.6 Å². The van der Waals surface area contributed by atoms with Crippen molar-refractivity contribution in [2.45, 2.75) is 34.6 Å². The van der Waals surface area contributed by atoms with Crippen molar-refractivity contribution in [2.24, 2.45) is 0 Å². The standard InChI is InChI=1S/C7H8.C6H5I.2C2H6/c1-7-5-3-2-4-6-7;7-6-4-2-1-3-5-6;2*1-2/h2-6H,1H3;1-5H;2*1-2H3. The van der Waals surface area contributed by atoms with Crippen LogP contribution in [0.25, 0.3) is 0 Å². The van der Waals surface area contributed by atoms with Crippen LogP contribution in [0, 0.1) is 10.5 Å². The van der Waals surface area contributed by atoms with E-state index in [-0.39, 0.29) is 0 Å². The highest BCUT2D eigenvalue weighted by Crippen LogP contribution is 1.99. The van der Waals surface area contributed by atoms with Crippen molar-refractivity contribution in [3.05, 3.63) is 69.8 Å². The van der Waals surface area contributed by atoms with Gasteiger partial charge in [0.2, 0.25) is 0 Å². The minimum atomic E-state index is 1.29. The summed E-state index contributed by atoms with van der Waals surface area (Å²) in [5, 5.41) is 0. The molecule has 0 N–H and O–H groups in total. The molecule has 0 aliphatic rings. The Morgan fingerprint density at radius 2 is 0.944 bits per heavy atom. The lowest BCUT2D eigenvalue weighted by Gasteiger charge is -1.82. The van der Waals surface area contributed by atoms with Gasteiger partial charge in [-0.3, -0.25) is 0 Å². The molecule has 0 nitrogen and oxygen atoms in total. The van der Waals surface area contributed by atoms with E-state index < -0.39 is 0 Å². The Hall–Kier alpha value is -0.830. The predicted octanol–water partition coefficient (Wildman–Crippen LogP) is 6.34. The van der Waals surface area contributed by atoms with E-state index in [0.717, 1.165) is 0 Å². The lowest BCUT2D eigenvalue weighted by atomic mass is 10.2. The van der Waals surface area contributed by atoms with E-state index in [1.54, 1.807) is 0 Å². The molecule has 1 heteroatoms. The van der Waals surface area contributed by atoms with Gasteiger partial charge in [-0.25, -0.2) is 0 Å². The maximum Gasteiger partial charge on any atom is 0.0130 e. The molecule has 0 saturated heterocycles. The second kappa shape index (κ2) is 16.2. The van der Waals surface area contributed by atoms with Crippen molar-refractivity contribution in [3.63, 3.8) is 0 Å². The van der Waals surface area contributed by atoms with Crippen molar-refractivity contribution in [3.8, 4) is 0 Å². The first-order valence-electron chi connectivity index (χ1n) is 6.51. The van der Waals surface area contributed by atoms with E-state index in [1.807, 2.05) is 64.1 Å². The predicted molar refractivity (Wildman–Crippen MR) is 93.0 cm³/mol. The summed E-state index contributed by atoms with van der Waals surface area (Å²) in [6.45, 7) is 10.1. The molecular formula is C17H25I. The highest BCUT2D eigenvalue weighted by atomic mass is 127. The summed E-state index contributed by atoms with van der Waals surface area (Å²) in [6, 6.07) is 20.5. The topological polar surface area (TPSA) is 0 Å². The average molecular weight is 356 g/mol. The molecule has 0 fully saturated rings. The quantitative estimate of drug-likeness (QED) is 0.483. The second-order valence-corrected chi connectivity index (χ2v) is 4.20. The minimum Gasteiger partial charge on any atom is -0.0683 e. The second-order valence-electron chi connectivity index (χ2n) is 2.95. The molecule has 0 heterocycles. The van der Waals surface area contributed by atoms with Gasteiger partial charge in [-0.05, 0) is 41.6 Å². The third-order valence-electron chi connectivity index (χ3n) is 1.67. The zero-order chi connectivity index (χ0) is 14.2. The van der Waals surface area contributed by atoms with Crippen LogP contribution in [0.3, 0.4) is 0 Å². The van der Waals surface area contributed by atoms with Crippen LogP contribution < -0.4 is 0 Å². The van der Waals surface area contributed by atoms with Crippen LogP contribution in [0.1, 0.15) is 33.3 Å². The molecule has 0 aliphatic carbocycles. The third kappa shape index (κ3) is 13.2. The van der Waals surface area contributed by atoms with Crippen LogP contribution in [0.5, 0.6) is 0 Å². The molecule has 0 unspecified atom stereocenters. The summed E-state index contributed by atoms with van der Waals surface area (Å²) < 4.78 is 1.29. The van der Waals surface area contributed by atoms with Crippen molar-refractivity contribution >= 4 is 22.6 Å². The summed E-state index contributed by atoms with van der Waals surface area (Å²) in [5.41, 5.74) is 1.32. The van der Waals surface area contributed by atoms with Gasteiger partial charge in [0.15, 0.2) is 0 Å². The molecule has 2 rings (SSSR count). The summed E-state index contributed by atoms with van der Waals surface area (Å²) >= 11 is 2.28. The van der Waals surface area contributed by atoms with Gasteiger partial charge in [0.1, 0.15) is 0 Å². The van der Waals surface area contributed by atoms with Gasteiger partial charge in [-0.1, -0.05) is 81.8 Å². The number of hydrogen-bond donors (Lipinski definition) is 0. The lowest BCUT2D eigenvalue weighted by Crippen LogP contribution is -1.62. The summed E-state index contributed by atoms with van der Waals surface area (Å²) in [5.74, 6) is 0. The molecule has 0 aliphatic heterocycles. The van der Waals surface area contributed by atoms with Crippen molar-refractivity contribution < 1.29 is 0 Å². The third-order valence-corrected chi connectivity index (χ3v) is 2.39. The van der Waals surface area contributed by atoms with E-state index in [4.69, 9.17) is 0 Å². The van der Waals surface area contributed by atoms with Gasteiger partial charge in [-0.15, -0.1) is 0 Å². The molecule has 0 atom stereocenters. The fourth-order valence-electron chi connectivity index (χ4n) is 0.949. The van der Waals surface area contributed by atoms with Crippen LogP contribution in [-0.2, 0) is 0 Å². The Bertz CT molecular complexity index is 303. The average Bonchev–Trinajstić information content (AvgIpc) is 2.46. The molecule has 0 bridgehead atoms. The maximum atomic E-state index is 2.28. The molecule has 0 radical (unpaired) electrons. The molecule has 2 aromatic rings. The van der Waals surface area contributed by atoms with Crippen molar-refractivity contribution in [1.82, 2.24) is 0 Å². The first kappa shape index (κ1) is 19.5. The van der Waals surface area contributed by atoms with E-state index in [1.165, 1.54) is 9.13 Å². The fraction of sp³-hybridized carbons (Fsp3) is 0.294. The summed E-state index contributed by atoms with van der Waals surface area (Å²) in [7, 11) is 0. The minimum absolute atomic E-state index is 1.29. The zero-order valence-electron chi connectivity index (χ0n) is 12.2. The molecule has 0 amide bonds. The van der Waals surface area contributed by atoms with E-state index in [9.17, 15) is 0 Å². The van der Waals surface area contributed by atoms with E-state index in [2.05, 4.69) is 53.8 Å². The van der Waals surface area contributed by atoms with E-state index in [0.29, 0.717) is 0 Å². The van der Waals surface area contributed by atoms with Gasteiger partial charge in [-0.2, -0.15) is 0 Å². The molecule has 18 heavy (non-hydrogen) atoms. The van der Waals surface area contributed by atoms with Crippen LogP contribution in [-0.4, -0.2) is 0 Å². The number of benzene rings is 2. The Kier molecular flexibility index (Phi) is 17.5. The van der Waals surface area contributed by atoms with Gasteiger partial charge in [0.05, 0.1) is 0 Å². The summed E-state index contributed by atoms with van der Waals surface area (Å²) in [6.07, 6.45) is 0. The van der Waals surface area contributed by atoms with E-state index >= 15 is 0 Å². The highest BCUT2D eigenvalue weighted by Gasteiger charge is 1.74. The van der Waals surface area contributed by atoms with Gasteiger partial charge >= 0.3 is 0 Å². The smallest absolute Gasteiger partial charge is 0.0130 e. The largest absolute Gasteiger partial charge is 0.0683 e. The monoisotopic (exact) mass is 356 g/mol. The molecule has 0 saturated carbocycles. The molecule has 100 valence electrons. The molecule has 2 aromatic carbocycles. The summed E-state index contributed by atoms with van der Waals surface area (Å²) in [4.78, 5) is 0. The number of hydrogen-bond acceptors (Lipinski definition) is 0. The number of halogens is 1. The number of aryl methyl sites for hydroxylation is 1. The van der Waals surface area contributed by atoms with Crippen LogP contribution in [0.15, 0.2) is 60.7 Å². The molecular weight excluding hydrogens is 331 g/mol. The van der Waals surface area contributed by atoms with Crippen LogP contribution in [0.2, 0.25) is 0 Å². The Balaban J connectivity index is 0. The Labute approximate surface area is 127 Å². The van der Waals surface area contributed by atoms with Gasteiger partial charge < -0.3 is 0 Å². The van der Waals surface area contributed by atoms with Gasteiger partial charge in [0.25, 0.3) is 0 Å². The highest BCUT2D eigenvalue weighted by molar-refractivity contribution is 14.1. The Morgan fingerprint density at radius 1 is 0.611 bits per heavy atom. The van der Waals surface area contributed by atoms with Crippen molar-refractivity contribution in [2.75, 3.05) is 0 Å². The maximum absolute atomic E-state index is 2.28. The SMILES string of the molecule is CC.CC.Cc1ccccc1.Ic1ccccc1. The zero-order valence-corrected chi connectivity index (χ0v) is 14.3. The van der Waals surface area contributed by atoms with Crippen LogP contribution in [0.4, 0.5) is 0 Å². The first-order valence-corrected chi connectivity index (χ1v) is 7.59. The molecule has 0 spiro atoms. The normalized spacial score (nSPS) is 7.44. The fourth-order valence-corrected chi connectivity index (χ4v) is 1.36. The number of rotatable bonds is 0. The molecule has 0 aromatic heterocycles. The first-order chi connectivity index (χ1) is 8.79. The Morgan fingerprint density at radius 3 is 1.11 bits per heavy atom. The lowest BCUT2D eigenvalue weighted by molar-refractivity contribution is 1.48. The van der Waals surface area contributed by atoms with Gasteiger partial charge in [0, 0.05) is 3.57 Å². The van der Waals surface area contributed by atoms with Crippen molar-refractivity contribution in [1.29, 1.82) is 0 Å².